The number of carbonyl (C=O) groups is 2. The number of carbonyl (C=O) groups excluding carboxylic acids is 2. The second-order valence-electron chi connectivity index (χ2n) is 8.93. The maximum Gasteiger partial charge on any atom is 0.410 e. The number of anilines is 2. The molecule has 2 heterocycles. The first kappa shape index (κ1) is 28.4. The molecule has 0 bridgehead atoms. The van der Waals surface area contributed by atoms with Crippen LogP contribution in [0.4, 0.5) is 16.3 Å². The lowest BCUT2D eigenvalue weighted by atomic mass is 10.2. The highest BCUT2D eigenvalue weighted by Gasteiger charge is 2.23. The molecule has 0 fully saturated rings. The molecule has 0 aliphatic rings. The molecule has 1 aromatic carbocycles. The number of nitrogen functional groups attached to an aromatic ring is 1. The molecule has 3 aromatic rings. The van der Waals surface area contributed by atoms with E-state index in [9.17, 15) is 14.4 Å². The molecule has 196 valence electrons. The van der Waals surface area contributed by atoms with Gasteiger partial charge in [-0.25, -0.2) is 9.78 Å². The topological polar surface area (TPSA) is 132 Å². The van der Waals surface area contributed by atoms with Crippen LogP contribution in [0.3, 0.4) is 0 Å². The highest BCUT2D eigenvalue weighted by Crippen LogP contribution is 2.31. The number of benzene rings is 1. The molecule has 0 aliphatic carbocycles. The van der Waals surface area contributed by atoms with E-state index < -0.39 is 28.7 Å². The number of amides is 2. The minimum absolute atomic E-state index is 0.156. The third-order valence-corrected chi connectivity index (χ3v) is 5.94. The van der Waals surface area contributed by atoms with Crippen molar-refractivity contribution in [2.45, 2.75) is 39.8 Å². The average Bonchev–Trinajstić information content (AvgIpc) is 2.77. The molecule has 0 radical (unpaired) electrons. The van der Waals surface area contributed by atoms with Crippen LogP contribution < -0.4 is 16.6 Å². The van der Waals surface area contributed by atoms with Crippen LogP contribution in [0.1, 0.15) is 43.6 Å². The Labute approximate surface area is 231 Å². The predicted molar refractivity (Wildman–Crippen MR) is 146 cm³/mol. The zero-order valence-corrected chi connectivity index (χ0v) is 23.6. The van der Waals surface area contributed by atoms with Crippen molar-refractivity contribution in [1.29, 1.82) is 0 Å². The van der Waals surface area contributed by atoms with Gasteiger partial charge in [0.05, 0.1) is 34.2 Å². The number of halogens is 3. The lowest BCUT2D eigenvalue weighted by Crippen LogP contribution is -2.36. The molecule has 3 N–H and O–H groups in total. The van der Waals surface area contributed by atoms with E-state index in [0.29, 0.717) is 16.6 Å². The van der Waals surface area contributed by atoms with Crippen LogP contribution in [0, 0.1) is 0 Å². The Balaban J connectivity index is 1.88. The summed E-state index contributed by atoms with van der Waals surface area (Å²) in [6.07, 6.45) is 3.64. The number of rotatable bonds is 6. The molecule has 13 heteroatoms. The molecular formula is C24H25BrCl2N6O4. The Bertz CT molecular complexity index is 1380. The molecule has 3 rings (SSSR count). The number of hydrogen-bond acceptors (Lipinski definition) is 7. The van der Waals surface area contributed by atoms with Gasteiger partial charge in [0.2, 0.25) is 0 Å². The van der Waals surface area contributed by atoms with E-state index in [1.54, 1.807) is 45.2 Å². The summed E-state index contributed by atoms with van der Waals surface area (Å²) in [5, 5.41) is 2.95. The first-order valence-corrected chi connectivity index (χ1v) is 12.6. The molecule has 10 nitrogen and oxygen atoms in total. The molecule has 0 atom stereocenters. The molecule has 2 amide bonds. The fourth-order valence-electron chi connectivity index (χ4n) is 3.29. The minimum atomic E-state index is -0.799. The van der Waals surface area contributed by atoms with Gasteiger partial charge in [-0.05, 0) is 51.5 Å². The predicted octanol–water partition coefficient (Wildman–Crippen LogP) is 5.29. The Kier molecular flexibility index (Phi) is 8.83. The monoisotopic (exact) mass is 610 g/mol. The van der Waals surface area contributed by atoms with Crippen molar-refractivity contribution in [1.82, 2.24) is 19.4 Å². The number of nitrogens with one attached hydrogen (secondary N) is 1. The Morgan fingerprint density at radius 3 is 2.43 bits per heavy atom. The number of aromatic nitrogens is 3. The zero-order chi connectivity index (χ0) is 27.5. The summed E-state index contributed by atoms with van der Waals surface area (Å²) >= 11 is 15.9. The summed E-state index contributed by atoms with van der Waals surface area (Å²) in [5.41, 5.74) is 5.17. The lowest BCUT2D eigenvalue weighted by molar-refractivity contribution is 0.0244. The average molecular weight is 612 g/mol. The lowest BCUT2D eigenvalue weighted by Gasteiger charge is -2.26. The molecule has 0 aliphatic heterocycles. The first-order valence-electron chi connectivity index (χ1n) is 11.1. The second-order valence-corrected chi connectivity index (χ2v) is 10.7. The highest BCUT2D eigenvalue weighted by atomic mass is 79.9. The van der Waals surface area contributed by atoms with E-state index in [4.69, 9.17) is 33.7 Å². The number of ether oxygens (including phenoxy) is 1. The second kappa shape index (κ2) is 11.5. The summed E-state index contributed by atoms with van der Waals surface area (Å²) in [7, 11) is 0. The number of hydrogen-bond donors (Lipinski definition) is 2. The Hall–Kier alpha value is -3.15. The molecule has 37 heavy (non-hydrogen) atoms. The first-order chi connectivity index (χ1) is 17.3. The fraction of sp³-hybridized carbons (Fsp3) is 0.292. The van der Waals surface area contributed by atoms with Crippen molar-refractivity contribution < 1.29 is 14.3 Å². The third-order valence-electron chi connectivity index (χ3n) is 4.91. The summed E-state index contributed by atoms with van der Waals surface area (Å²) in [6, 6.07) is 4.74. The van der Waals surface area contributed by atoms with Gasteiger partial charge >= 0.3 is 6.09 Å². The largest absolute Gasteiger partial charge is 0.444 e. The molecule has 0 spiro atoms. The van der Waals surface area contributed by atoms with Crippen LogP contribution in [-0.2, 0) is 11.3 Å². The Morgan fingerprint density at radius 2 is 1.84 bits per heavy atom. The van der Waals surface area contributed by atoms with Crippen LogP contribution in [0.15, 0.2) is 46.2 Å². The van der Waals surface area contributed by atoms with Crippen LogP contribution in [0.5, 0.6) is 0 Å². The van der Waals surface area contributed by atoms with Crippen molar-refractivity contribution >= 4 is 62.6 Å². The third kappa shape index (κ3) is 7.00. The van der Waals surface area contributed by atoms with Crippen molar-refractivity contribution in [3.63, 3.8) is 0 Å². The van der Waals surface area contributed by atoms with E-state index in [-0.39, 0.29) is 33.8 Å². The smallest absolute Gasteiger partial charge is 0.410 e. The minimum Gasteiger partial charge on any atom is -0.444 e. The molecule has 2 aromatic heterocycles. The number of nitrogens with zero attached hydrogens (tertiary/aromatic N) is 4. The molecule has 0 saturated carbocycles. The van der Waals surface area contributed by atoms with Crippen LogP contribution in [-0.4, -0.2) is 43.6 Å². The van der Waals surface area contributed by atoms with E-state index in [1.165, 1.54) is 11.1 Å². The van der Waals surface area contributed by atoms with Gasteiger partial charge in [-0.15, -0.1) is 0 Å². The van der Waals surface area contributed by atoms with Gasteiger partial charge in [0.25, 0.3) is 11.5 Å². The zero-order valence-electron chi connectivity index (χ0n) is 20.5. The van der Waals surface area contributed by atoms with Gasteiger partial charge in [0.1, 0.15) is 23.3 Å². The Morgan fingerprint density at radius 1 is 1.19 bits per heavy atom. The van der Waals surface area contributed by atoms with E-state index in [0.717, 1.165) is 10.9 Å². The molecular weight excluding hydrogens is 587 g/mol. The van der Waals surface area contributed by atoms with Crippen molar-refractivity contribution in [3.05, 3.63) is 72.9 Å². The van der Waals surface area contributed by atoms with Gasteiger partial charge in [-0.2, -0.15) is 0 Å². The van der Waals surface area contributed by atoms with Crippen molar-refractivity contribution in [3.8, 4) is 5.69 Å². The van der Waals surface area contributed by atoms with E-state index in [2.05, 4.69) is 31.2 Å². The number of nitrogens with two attached hydrogens (primary N) is 1. The maximum absolute atomic E-state index is 13.2. The standard InChI is InChI=1S/C24H25BrCl2N6O4/c1-5-32(23(36)37-24(2,3)4)11-13-6-15(10-29-9-13)31-21(34)18-20(28)30-12-33(22(18)35)19-16(26)7-14(25)8-17(19)27/h6-10,12H,5,11,28H2,1-4H3,(H,31,34). The van der Waals surface area contributed by atoms with Gasteiger partial charge in [0.15, 0.2) is 0 Å². The maximum atomic E-state index is 13.2. The van der Waals surface area contributed by atoms with Gasteiger partial charge in [-0.3, -0.25) is 19.1 Å². The fourth-order valence-corrected chi connectivity index (χ4v) is 4.68. The van der Waals surface area contributed by atoms with Crippen LogP contribution in [0.25, 0.3) is 5.69 Å². The quantitative estimate of drug-likeness (QED) is 0.387. The van der Waals surface area contributed by atoms with Gasteiger partial charge < -0.3 is 20.7 Å². The summed E-state index contributed by atoms with van der Waals surface area (Å²) in [5.74, 6) is -1.07. The van der Waals surface area contributed by atoms with Crippen molar-refractivity contribution in [2.24, 2.45) is 0 Å². The van der Waals surface area contributed by atoms with E-state index in [1.807, 2.05) is 6.92 Å². The molecule has 0 unspecified atom stereocenters. The summed E-state index contributed by atoms with van der Waals surface area (Å²) in [4.78, 5) is 48.4. The van der Waals surface area contributed by atoms with Crippen LogP contribution >= 0.6 is 39.1 Å². The van der Waals surface area contributed by atoms with E-state index >= 15 is 0 Å². The normalized spacial score (nSPS) is 11.2. The summed E-state index contributed by atoms with van der Waals surface area (Å²) < 4.78 is 7.10. The highest BCUT2D eigenvalue weighted by molar-refractivity contribution is 9.10. The van der Waals surface area contributed by atoms with Crippen molar-refractivity contribution in [2.75, 3.05) is 17.6 Å². The van der Waals surface area contributed by atoms with Gasteiger partial charge in [-0.1, -0.05) is 39.1 Å². The summed E-state index contributed by atoms with van der Waals surface area (Å²) in [6.45, 7) is 7.78. The SMILES string of the molecule is CCN(Cc1cncc(NC(=O)c2c(N)ncn(-c3c(Cl)cc(Br)cc3Cl)c2=O)c1)C(=O)OC(C)(C)C. The number of pyridine rings is 1. The molecule has 0 saturated heterocycles. The van der Waals surface area contributed by atoms with Gasteiger partial charge in [0, 0.05) is 17.2 Å². The van der Waals surface area contributed by atoms with Crippen LogP contribution in [0.2, 0.25) is 10.0 Å².